The van der Waals surface area contributed by atoms with Gasteiger partial charge in [0, 0.05) is 33.6 Å². The standard InChI is InChI=1S/C12H18O2S/c1-3-12(13)8-9(2)15(14)11-7-5-4-6-10(11)12/h1,9-11,13H,4-8H2,2H3/t9-,10+,11+,12-,15?/m1/s1. The van der Waals surface area contributed by atoms with Gasteiger partial charge in [-0.25, -0.2) is 0 Å². The molecule has 1 unspecified atom stereocenters. The third-order valence-electron chi connectivity index (χ3n) is 3.86. The lowest BCUT2D eigenvalue weighted by Crippen LogP contribution is -2.54. The van der Waals surface area contributed by atoms with Crippen molar-refractivity contribution in [1.29, 1.82) is 0 Å². The second-order valence-electron chi connectivity index (χ2n) is 4.84. The van der Waals surface area contributed by atoms with Gasteiger partial charge in [0.05, 0.1) is 0 Å². The van der Waals surface area contributed by atoms with Crippen LogP contribution in [0.5, 0.6) is 0 Å². The highest BCUT2D eigenvalue weighted by Crippen LogP contribution is 2.43. The van der Waals surface area contributed by atoms with Crippen LogP contribution in [0.15, 0.2) is 0 Å². The maximum absolute atomic E-state index is 12.1. The van der Waals surface area contributed by atoms with E-state index in [-0.39, 0.29) is 16.4 Å². The normalized spacial score (nSPS) is 50.5. The SMILES string of the molecule is C#C[C@@]1(O)C[C@@H](C)S(=O)[C@H]2CCCC[C@@H]21. The highest BCUT2D eigenvalue weighted by atomic mass is 32.2. The average Bonchev–Trinajstić information content (AvgIpc) is 2.26. The molecular formula is C12H18O2S. The Morgan fingerprint density at radius 1 is 1.47 bits per heavy atom. The average molecular weight is 226 g/mol. The first kappa shape index (κ1) is 11.2. The number of hydrogen-bond donors (Lipinski definition) is 1. The van der Waals surface area contributed by atoms with Gasteiger partial charge in [-0.1, -0.05) is 25.7 Å². The summed E-state index contributed by atoms with van der Waals surface area (Å²) in [7, 11) is -0.805. The molecule has 3 heteroatoms. The summed E-state index contributed by atoms with van der Waals surface area (Å²) in [6, 6.07) is 0. The topological polar surface area (TPSA) is 37.3 Å². The predicted molar refractivity (Wildman–Crippen MR) is 61.8 cm³/mol. The monoisotopic (exact) mass is 226 g/mol. The van der Waals surface area contributed by atoms with E-state index >= 15 is 0 Å². The fourth-order valence-electron chi connectivity index (χ4n) is 3.06. The Morgan fingerprint density at radius 3 is 2.80 bits per heavy atom. The maximum Gasteiger partial charge on any atom is 0.130 e. The van der Waals surface area contributed by atoms with Crippen LogP contribution in [0.2, 0.25) is 0 Å². The van der Waals surface area contributed by atoms with Crippen LogP contribution in [0.3, 0.4) is 0 Å². The van der Waals surface area contributed by atoms with E-state index in [1.54, 1.807) is 0 Å². The molecule has 1 aliphatic carbocycles. The van der Waals surface area contributed by atoms with Gasteiger partial charge in [-0.15, -0.1) is 6.42 Å². The fourth-order valence-corrected chi connectivity index (χ4v) is 5.16. The van der Waals surface area contributed by atoms with Gasteiger partial charge >= 0.3 is 0 Å². The number of fused-ring (bicyclic) bond motifs is 1. The van der Waals surface area contributed by atoms with Crippen molar-refractivity contribution in [1.82, 2.24) is 0 Å². The molecule has 2 rings (SSSR count). The van der Waals surface area contributed by atoms with Crippen LogP contribution >= 0.6 is 0 Å². The zero-order valence-corrected chi connectivity index (χ0v) is 9.93. The van der Waals surface area contributed by atoms with Crippen LogP contribution in [0, 0.1) is 18.3 Å². The van der Waals surface area contributed by atoms with Gasteiger partial charge in [0.1, 0.15) is 5.60 Å². The molecule has 5 atom stereocenters. The Hall–Kier alpha value is -0.330. The summed E-state index contributed by atoms with van der Waals surface area (Å²) in [5.74, 6) is 2.61. The van der Waals surface area contributed by atoms with Gasteiger partial charge in [0.15, 0.2) is 0 Å². The first-order chi connectivity index (χ1) is 7.08. The van der Waals surface area contributed by atoms with Crippen molar-refractivity contribution in [3.05, 3.63) is 0 Å². The summed E-state index contributed by atoms with van der Waals surface area (Å²) in [4.78, 5) is 0. The van der Waals surface area contributed by atoms with E-state index in [1.165, 1.54) is 0 Å². The smallest absolute Gasteiger partial charge is 0.130 e. The summed E-state index contributed by atoms with van der Waals surface area (Å²) in [6.45, 7) is 1.93. The zero-order chi connectivity index (χ0) is 11.1. The minimum Gasteiger partial charge on any atom is -0.377 e. The summed E-state index contributed by atoms with van der Waals surface area (Å²) >= 11 is 0. The van der Waals surface area contributed by atoms with E-state index in [4.69, 9.17) is 6.42 Å². The van der Waals surface area contributed by atoms with Crippen molar-refractivity contribution in [3.63, 3.8) is 0 Å². The molecule has 0 aromatic rings. The van der Waals surface area contributed by atoms with Crippen LogP contribution in [-0.4, -0.2) is 25.4 Å². The van der Waals surface area contributed by atoms with Crippen LogP contribution in [0.4, 0.5) is 0 Å². The second-order valence-corrected chi connectivity index (χ2v) is 6.91. The quantitative estimate of drug-likeness (QED) is 0.635. The maximum atomic E-state index is 12.1. The third-order valence-corrected chi connectivity index (χ3v) is 5.98. The number of aliphatic hydroxyl groups is 1. The molecule has 2 fully saturated rings. The molecule has 0 aromatic carbocycles. The molecule has 1 aliphatic heterocycles. The molecule has 1 saturated carbocycles. The molecule has 0 aromatic heterocycles. The number of rotatable bonds is 0. The largest absolute Gasteiger partial charge is 0.377 e. The third kappa shape index (κ3) is 1.74. The van der Waals surface area contributed by atoms with E-state index < -0.39 is 16.4 Å². The Balaban J connectivity index is 2.31. The van der Waals surface area contributed by atoms with Gasteiger partial charge in [0.25, 0.3) is 0 Å². The van der Waals surface area contributed by atoms with Crippen molar-refractivity contribution in [2.24, 2.45) is 5.92 Å². The van der Waals surface area contributed by atoms with E-state index in [0.717, 1.165) is 25.7 Å². The highest BCUT2D eigenvalue weighted by molar-refractivity contribution is 7.86. The zero-order valence-electron chi connectivity index (χ0n) is 9.11. The van der Waals surface area contributed by atoms with E-state index in [0.29, 0.717) is 6.42 Å². The van der Waals surface area contributed by atoms with E-state index in [1.807, 2.05) is 6.92 Å². The van der Waals surface area contributed by atoms with Crippen LogP contribution in [0.1, 0.15) is 39.0 Å². The molecule has 0 amide bonds. The lowest BCUT2D eigenvalue weighted by molar-refractivity contribution is 0.00889. The highest BCUT2D eigenvalue weighted by Gasteiger charge is 2.49. The van der Waals surface area contributed by atoms with Crippen molar-refractivity contribution >= 4 is 10.8 Å². The Kier molecular flexibility index (Phi) is 2.92. The van der Waals surface area contributed by atoms with Crippen molar-refractivity contribution in [3.8, 4) is 12.3 Å². The van der Waals surface area contributed by atoms with Crippen LogP contribution in [0.25, 0.3) is 0 Å². The first-order valence-electron chi connectivity index (χ1n) is 5.68. The molecular weight excluding hydrogens is 208 g/mol. The van der Waals surface area contributed by atoms with Gasteiger partial charge in [-0.3, -0.25) is 4.21 Å². The summed E-state index contributed by atoms with van der Waals surface area (Å²) in [5, 5.41) is 10.6. The Labute approximate surface area is 93.9 Å². The van der Waals surface area contributed by atoms with E-state index in [2.05, 4.69) is 5.92 Å². The molecule has 0 radical (unpaired) electrons. The Morgan fingerprint density at radius 2 is 2.13 bits per heavy atom. The fraction of sp³-hybridized carbons (Fsp3) is 0.833. The molecule has 2 nitrogen and oxygen atoms in total. The van der Waals surface area contributed by atoms with E-state index in [9.17, 15) is 9.32 Å². The molecule has 15 heavy (non-hydrogen) atoms. The van der Waals surface area contributed by atoms with Crippen LogP contribution in [-0.2, 0) is 10.8 Å². The first-order valence-corrected chi connectivity index (χ1v) is 6.95. The number of hydrogen-bond acceptors (Lipinski definition) is 2. The molecule has 2 aliphatic rings. The predicted octanol–water partition coefficient (Wildman–Crippen LogP) is 1.45. The molecule has 0 bridgehead atoms. The number of terminal acetylenes is 1. The van der Waals surface area contributed by atoms with Crippen molar-refractivity contribution in [2.45, 2.75) is 55.1 Å². The summed E-state index contributed by atoms with van der Waals surface area (Å²) in [5.41, 5.74) is -1.00. The van der Waals surface area contributed by atoms with Crippen molar-refractivity contribution < 1.29 is 9.32 Å². The van der Waals surface area contributed by atoms with Gasteiger partial charge < -0.3 is 5.11 Å². The van der Waals surface area contributed by atoms with Crippen LogP contribution < -0.4 is 0 Å². The molecule has 1 heterocycles. The van der Waals surface area contributed by atoms with Gasteiger partial charge in [-0.05, 0) is 12.8 Å². The minimum absolute atomic E-state index is 0.0328. The van der Waals surface area contributed by atoms with Gasteiger partial charge in [0.2, 0.25) is 0 Å². The summed E-state index contributed by atoms with van der Waals surface area (Å²) < 4.78 is 12.1. The molecule has 1 N–H and O–H groups in total. The molecule has 0 spiro atoms. The van der Waals surface area contributed by atoms with Crippen molar-refractivity contribution in [2.75, 3.05) is 0 Å². The minimum atomic E-state index is -1.00. The summed E-state index contributed by atoms with van der Waals surface area (Å²) in [6.07, 6.45) is 10.1. The van der Waals surface area contributed by atoms with Gasteiger partial charge in [-0.2, -0.15) is 0 Å². The second kappa shape index (κ2) is 3.92. The Bertz CT molecular complexity index is 320. The lowest BCUT2D eigenvalue weighted by Gasteiger charge is -2.46. The lowest BCUT2D eigenvalue weighted by atomic mass is 9.74. The molecule has 1 saturated heterocycles. The molecule has 84 valence electrons.